The Labute approximate surface area is 104 Å². The van der Waals surface area contributed by atoms with Gasteiger partial charge in [0.05, 0.1) is 15.9 Å². The predicted molar refractivity (Wildman–Crippen MR) is 72.8 cm³/mol. The molecule has 0 aliphatic heterocycles. The van der Waals surface area contributed by atoms with Crippen molar-refractivity contribution in [2.75, 3.05) is 5.43 Å². The molecule has 17 heavy (non-hydrogen) atoms. The van der Waals surface area contributed by atoms with Gasteiger partial charge in [-0.05, 0) is 31.6 Å². The van der Waals surface area contributed by atoms with Gasteiger partial charge in [-0.25, -0.2) is 4.98 Å². The van der Waals surface area contributed by atoms with Crippen LogP contribution in [0.5, 0.6) is 0 Å². The van der Waals surface area contributed by atoms with E-state index in [0.717, 1.165) is 22.8 Å². The number of hydrogen-bond donors (Lipinski definition) is 2. The number of nitrogens with zero attached hydrogens (tertiary/aromatic N) is 1. The number of para-hydroxylation sites is 1. The molecule has 0 spiro atoms. The van der Waals surface area contributed by atoms with E-state index in [4.69, 9.17) is 0 Å². The minimum atomic E-state index is 0.894. The van der Waals surface area contributed by atoms with Crippen molar-refractivity contribution in [2.24, 2.45) is 0 Å². The molecule has 1 aliphatic rings. The Morgan fingerprint density at radius 2 is 2.12 bits per heavy atom. The van der Waals surface area contributed by atoms with Crippen LogP contribution < -0.4 is 10.9 Å². The van der Waals surface area contributed by atoms with Gasteiger partial charge in [0.25, 0.3) is 0 Å². The van der Waals surface area contributed by atoms with Gasteiger partial charge in [-0.15, -0.1) is 0 Å². The molecule has 2 aromatic rings. The fraction of sp³-hybridized carbons (Fsp3) is 0.154. The minimum absolute atomic E-state index is 0.894. The number of rotatable bonds is 3. The standard InChI is InChI=1S/C13H13N3S/c1-9-6-7-10(8-9)15-16-13-14-11-4-2-3-5-12(11)17-13/h2-5,7-8,15H,6H2,1H3,(H,14,16). The second kappa shape index (κ2) is 4.22. The maximum atomic E-state index is 4.49. The molecule has 86 valence electrons. The average Bonchev–Trinajstić information content (AvgIpc) is 2.91. The third kappa shape index (κ3) is 2.17. The van der Waals surface area contributed by atoms with Gasteiger partial charge in [0.2, 0.25) is 5.13 Å². The van der Waals surface area contributed by atoms with E-state index < -0.39 is 0 Å². The monoisotopic (exact) mass is 243 g/mol. The van der Waals surface area contributed by atoms with Gasteiger partial charge in [0.15, 0.2) is 0 Å². The summed E-state index contributed by atoms with van der Waals surface area (Å²) in [5.41, 5.74) is 9.84. The fourth-order valence-corrected chi connectivity index (χ4v) is 2.61. The number of aromatic nitrogens is 1. The molecule has 2 N–H and O–H groups in total. The average molecular weight is 243 g/mol. The zero-order valence-corrected chi connectivity index (χ0v) is 10.3. The number of hydrazine groups is 1. The molecule has 0 unspecified atom stereocenters. The molecule has 0 radical (unpaired) electrons. The van der Waals surface area contributed by atoms with Crippen LogP contribution in [0.25, 0.3) is 10.2 Å². The number of nitrogens with one attached hydrogen (secondary N) is 2. The zero-order valence-electron chi connectivity index (χ0n) is 9.53. The highest BCUT2D eigenvalue weighted by Crippen LogP contribution is 2.25. The van der Waals surface area contributed by atoms with Crippen LogP contribution in [-0.2, 0) is 0 Å². The smallest absolute Gasteiger partial charge is 0.202 e. The van der Waals surface area contributed by atoms with E-state index in [1.807, 2.05) is 18.2 Å². The third-order valence-electron chi connectivity index (χ3n) is 2.65. The van der Waals surface area contributed by atoms with E-state index in [9.17, 15) is 0 Å². The number of benzene rings is 1. The first-order chi connectivity index (χ1) is 8.31. The molecule has 0 atom stereocenters. The van der Waals surface area contributed by atoms with Gasteiger partial charge >= 0.3 is 0 Å². The second-order valence-electron chi connectivity index (χ2n) is 4.09. The molecule has 1 heterocycles. The minimum Gasteiger partial charge on any atom is -0.299 e. The molecule has 3 rings (SSSR count). The molecule has 1 aliphatic carbocycles. The highest BCUT2D eigenvalue weighted by atomic mass is 32.1. The van der Waals surface area contributed by atoms with E-state index in [1.54, 1.807) is 11.3 Å². The Kier molecular flexibility index (Phi) is 2.57. The number of anilines is 1. The maximum Gasteiger partial charge on any atom is 0.202 e. The third-order valence-corrected chi connectivity index (χ3v) is 3.61. The van der Waals surface area contributed by atoms with Crippen LogP contribution in [0.15, 0.2) is 47.7 Å². The van der Waals surface area contributed by atoms with Crippen LogP contribution in [0.4, 0.5) is 5.13 Å². The molecule has 1 aromatic carbocycles. The molecule has 1 aromatic heterocycles. The molecule has 3 nitrogen and oxygen atoms in total. The summed E-state index contributed by atoms with van der Waals surface area (Å²) in [4.78, 5) is 4.49. The van der Waals surface area contributed by atoms with Gasteiger partial charge in [-0.2, -0.15) is 0 Å². The number of fused-ring (bicyclic) bond motifs is 1. The molecule has 0 fully saturated rings. The summed E-state index contributed by atoms with van der Waals surface area (Å²) < 4.78 is 1.20. The highest BCUT2D eigenvalue weighted by Gasteiger charge is 2.04. The van der Waals surface area contributed by atoms with Crippen molar-refractivity contribution < 1.29 is 0 Å². The lowest BCUT2D eigenvalue weighted by Gasteiger charge is -2.04. The van der Waals surface area contributed by atoms with E-state index in [0.29, 0.717) is 0 Å². The molecule has 0 bridgehead atoms. The first kappa shape index (κ1) is 10.4. The Morgan fingerprint density at radius 1 is 1.24 bits per heavy atom. The van der Waals surface area contributed by atoms with Crippen LogP contribution >= 0.6 is 11.3 Å². The van der Waals surface area contributed by atoms with Crippen molar-refractivity contribution in [1.29, 1.82) is 0 Å². The van der Waals surface area contributed by atoms with Crippen molar-refractivity contribution >= 4 is 26.7 Å². The van der Waals surface area contributed by atoms with Crippen molar-refractivity contribution in [3.63, 3.8) is 0 Å². The van der Waals surface area contributed by atoms with Crippen molar-refractivity contribution in [3.8, 4) is 0 Å². The number of allylic oxidation sites excluding steroid dienone is 3. The summed E-state index contributed by atoms with van der Waals surface area (Å²) in [7, 11) is 0. The largest absolute Gasteiger partial charge is 0.299 e. The van der Waals surface area contributed by atoms with Crippen molar-refractivity contribution in [1.82, 2.24) is 10.4 Å². The lowest BCUT2D eigenvalue weighted by molar-refractivity contribution is 0.995. The van der Waals surface area contributed by atoms with Crippen molar-refractivity contribution in [3.05, 3.63) is 47.7 Å². The van der Waals surface area contributed by atoms with E-state index in [2.05, 4.69) is 41.0 Å². The molecule has 0 saturated carbocycles. The van der Waals surface area contributed by atoms with E-state index >= 15 is 0 Å². The predicted octanol–water partition coefficient (Wildman–Crippen LogP) is 3.45. The number of hydrogen-bond acceptors (Lipinski definition) is 4. The Hall–Kier alpha value is -1.81. The van der Waals surface area contributed by atoms with Crippen LogP contribution in [-0.4, -0.2) is 4.98 Å². The summed E-state index contributed by atoms with van der Waals surface area (Å²) in [6.07, 6.45) is 5.33. The Bertz CT molecular complexity index is 577. The number of thiazole rings is 1. The quantitative estimate of drug-likeness (QED) is 0.811. The summed E-state index contributed by atoms with van der Waals surface area (Å²) in [6, 6.07) is 8.14. The van der Waals surface area contributed by atoms with Gasteiger partial charge in [-0.3, -0.25) is 10.9 Å². The SMILES string of the molecule is CC1=CC(NNc2nc3ccccc3s2)=CC1. The molecule has 0 saturated heterocycles. The maximum absolute atomic E-state index is 4.49. The Balaban J connectivity index is 1.73. The van der Waals surface area contributed by atoms with Gasteiger partial charge in [0, 0.05) is 0 Å². The van der Waals surface area contributed by atoms with Crippen LogP contribution in [0, 0.1) is 0 Å². The lowest BCUT2D eigenvalue weighted by Crippen LogP contribution is -2.18. The van der Waals surface area contributed by atoms with E-state index in [-0.39, 0.29) is 0 Å². The highest BCUT2D eigenvalue weighted by molar-refractivity contribution is 7.22. The Morgan fingerprint density at radius 3 is 2.88 bits per heavy atom. The van der Waals surface area contributed by atoms with Crippen LogP contribution in [0.1, 0.15) is 13.3 Å². The van der Waals surface area contributed by atoms with Gasteiger partial charge in [-0.1, -0.05) is 35.1 Å². The molecular weight excluding hydrogens is 230 g/mol. The first-order valence-corrected chi connectivity index (χ1v) is 6.38. The second-order valence-corrected chi connectivity index (χ2v) is 5.12. The zero-order chi connectivity index (χ0) is 11.7. The molecule has 0 amide bonds. The molecular formula is C13H13N3S. The first-order valence-electron chi connectivity index (χ1n) is 5.56. The van der Waals surface area contributed by atoms with Crippen LogP contribution in [0.3, 0.4) is 0 Å². The lowest BCUT2D eigenvalue weighted by atomic mass is 10.3. The van der Waals surface area contributed by atoms with E-state index in [1.165, 1.54) is 10.3 Å². The fourth-order valence-electron chi connectivity index (χ4n) is 1.79. The van der Waals surface area contributed by atoms with Crippen molar-refractivity contribution in [2.45, 2.75) is 13.3 Å². The topological polar surface area (TPSA) is 37.0 Å². The summed E-state index contributed by atoms with van der Waals surface area (Å²) >= 11 is 1.65. The van der Waals surface area contributed by atoms with Crippen LogP contribution in [0.2, 0.25) is 0 Å². The summed E-state index contributed by atoms with van der Waals surface area (Å²) in [5.74, 6) is 0. The molecule has 4 heteroatoms. The summed E-state index contributed by atoms with van der Waals surface area (Å²) in [6.45, 7) is 2.13. The normalized spacial score (nSPS) is 14.6. The summed E-state index contributed by atoms with van der Waals surface area (Å²) in [5, 5.41) is 0.894. The van der Waals surface area contributed by atoms with Gasteiger partial charge < -0.3 is 0 Å². The van der Waals surface area contributed by atoms with Gasteiger partial charge in [0.1, 0.15) is 0 Å².